The van der Waals surface area contributed by atoms with Crippen molar-refractivity contribution < 1.29 is 13.9 Å². The first-order valence-corrected chi connectivity index (χ1v) is 10.3. The summed E-state index contributed by atoms with van der Waals surface area (Å²) in [5.74, 6) is -1.78. The monoisotopic (exact) mass is 429 g/mol. The molecule has 4 rings (SSSR count). The van der Waals surface area contributed by atoms with Gasteiger partial charge in [0.25, 0.3) is 0 Å². The lowest BCUT2D eigenvalue weighted by atomic mass is 9.75. The maximum absolute atomic E-state index is 14.6. The van der Waals surface area contributed by atoms with Crippen LogP contribution in [0.2, 0.25) is 5.02 Å². The number of benzene rings is 2. The predicted molar refractivity (Wildman–Crippen MR) is 113 cm³/mol. The molecule has 2 nitrogen and oxygen atoms in total. The van der Waals surface area contributed by atoms with Crippen LogP contribution in [0, 0.1) is 17.6 Å². The van der Waals surface area contributed by atoms with Crippen LogP contribution in [0.5, 0.6) is 0 Å². The second-order valence-corrected chi connectivity index (χ2v) is 8.89. The summed E-state index contributed by atoms with van der Waals surface area (Å²) in [5.41, 5.74) is 2.49. The van der Waals surface area contributed by atoms with Crippen molar-refractivity contribution in [3.63, 3.8) is 0 Å². The molecule has 0 aliphatic carbocycles. The van der Waals surface area contributed by atoms with Gasteiger partial charge in [-0.1, -0.05) is 29.8 Å². The van der Waals surface area contributed by atoms with Crippen molar-refractivity contribution in [2.45, 2.75) is 17.8 Å². The van der Waals surface area contributed by atoms with Gasteiger partial charge in [0.15, 0.2) is 0 Å². The molecule has 0 amide bonds. The van der Waals surface area contributed by atoms with E-state index in [1.54, 1.807) is 36.7 Å². The van der Waals surface area contributed by atoms with Crippen LogP contribution in [0.1, 0.15) is 29.7 Å². The first-order valence-electron chi connectivity index (χ1n) is 9.07. The van der Waals surface area contributed by atoms with Crippen LogP contribution in [-0.4, -0.2) is 10.1 Å². The van der Waals surface area contributed by atoms with Crippen LogP contribution in [0.3, 0.4) is 0 Å². The smallest absolute Gasteiger partial charge is 0.133 e. The fourth-order valence-electron chi connectivity index (χ4n) is 3.83. The summed E-state index contributed by atoms with van der Waals surface area (Å²) in [6, 6.07) is 14.5. The Morgan fingerprint density at radius 1 is 1.14 bits per heavy atom. The van der Waals surface area contributed by atoms with Crippen molar-refractivity contribution in [2.75, 3.05) is 0 Å². The van der Waals surface area contributed by atoms with Gasteiger partial charge in [-0.2, -0.15) is 0 Å². The maximum Gasteiger partial charge on any atom is 0.133 e. The molecule has 3 unspecified atom stereocenters. The fraction of sp³-hybridized carbons (Fsp3) is 0.174. The van der Waals surface area contributed by atoms with Gasteiger partial charge in [0.1, 0.15) is 11.6 Å². The Hall–Kier alpha value is -2.21. The second kappa shape index (κ2) is 7.90. The molecule has 2 aromatic carbocycles. The van der Waals surface area contributed by atoms with E-state index in [0.717, 1.165) is 11.6 Å². The highest BCUT2D eigenvalue weighted by atomic mass is 35.5. The Labute approximate surface area is 177 Å². The average molecular weight is 430 g/mol. The van der Waals surface area contributed by atoms with Crippen molar-refractivity contribution >= 4 is 28.9 Å². The zero-order chi connectivity index (χ0) is 20.6. The molecular formula is C23H18ClF2NOS. The van der Waals surface area contributed by atoms with Gasteiger partial charge < -0.3 is 5.11 Å². The molecule has 3 aromatic rings. The van der Waals surface area contributed by atoms with Gasteiger partial charge in [0.2, 0.25) is 0 Å². The van der Waals surface area contributed by atoms with E-state index in [2.05, 4.69) is 4.98 Å². The minimum Gasteiger partial charge on any atom is -0.388 e. The van der Waals surface area contributed by atoms with Crippen LogP contribution in [0.4, 0.5) is 8.78 Å². The topological polar surface area (TPSA) is 33.1 Å². The number of hydrogen-bond donors (Lipinski definition) is 1. The summed E-state index contributed by atoms with van der Waals surface area (Å²) in [7, 11) is 0. The number of aromatic nitrogens is 1. The molecule has 148 valence electrons. The largest absolute Gasteiger partial charge is 0.388 e. The molecule has 0 spiro atoms. The second-order valence-electron chi connectivity index (χ2n) is 7.14. The lowest BCUT2D eigenvalue weighted by Crippen LogP contribution is -2.31. The Morgan fingerprint density at radius 3 is 2.55 bits per heavy atom. The van der Waals surface area contributed by atoms with Crippen LogP contribution < -0.4 is 0 Å². The first-order chi connectivity index (χ1) is 13.9. The van der Waals surface area contributed by atoms with Gasteiger partial charge in [0.05, 0.1) is 10.9 Å². The predicted octanol–water partition coefficient (Wildman–Crippen LogP) is 6.37. The molecule has 0 bridgehead atoms. The van der Waals surface area contributed by atoms with Crippen molar-refractivity contribution in [2.24, 2.45) is 5.92 Å². The van der Waals surface area contributed by atoms with Crippen LogP contribution >= 0.6 is 23.4 Å². The highest BCUT2D eigenvalue weighted by molar-refractivity contribution is 8.03. The van der Waals surface area contributed by atoms with E-state index in [9.17, 15) is 13.9 Å². The normalized spacial score (nSPS) is 22.4. The van der Waals surface area contributed by atoms with Gasteiger partial charge in [0, 0.05) is 35.0 Å². The molecule has 1 aliphatic heterocycles. The van der Waals surface area contributed by atoms with E-state index in [-0.39, 0.29) is 5.56 Å². The van der Waals surface area contributed by atoms with E-state index >= 15 is 0 Å². The fourth-order valence-corrected chi connectivity index (χ4v) is 5.27. The molecule has 2 heterocycles. The summed E-state index contributed by atoms with van der Waals surface area (Å²) < 4.78 is 27.5. The van der Waals surface area contributed by atoms with Crippen LogP contribution in [-0.2, 0) is 4.75 Å². The van der Waals surface area contributed by atoms with Crippen molar-refractivity contribution in [3.8, 4) is 0 Å². The number of nitrogens with zero attached hydrogens (tertiary/aromatic N) is 1. The molecule has 29 heavy (non-hydrogen) atoms. The van der Waals surface area contributed by atoms with Crippen LogP contribution in [0.25, 0.3) is 5.57 Å². The van der Waals surface area contributed by atoms with E-state index in [1.807, 2.05) is 24.5 Å². The number of aliphatic hydroxyl groups is 1. The molecule has 0 saturated heterocycles. The molecule has 6 heteroatoms. The molecule has 1 N–H and O–H groups in total. The summed E-state index contributed by atoms with van der Waals surface area (Å²) >= 11 is 7.56. The van der Waals surface area contributed by atoms with Crippen molar-refractivity contribution in [1.29, 1.82) is 0 Å². The quantitative estimate of drug-likeness (QED) is 0.523. The van der Waals surface area contributed by atoms with Gasteiger partial charge in [-0.3, -0.25) is 4.98 Å². The molecule has 3 atom stereocenters. The zero-order valence-corrected chi connectivity index (χ0v) is 17.1. The Balaban J connectivity index is 1.84. The molecule has 0 saturated carbocycles. The highest BCUT2D eigenvalue weighted by Gasteiger charge is 2.47. The third kappa shape index (κ3) is 3.70. The molecule has 1 aromatic heterocycles. The van der Waals surface area contributed by atoms with Crippen LogP contribution in [0.15, 0.2) is 72.4 Å². The number of rotatable bonds is 4. The minimum absolute atomic E-state index is 0.282. The van der Waals surface area contributed by atoms with Gasteiger partial charge in [-0.25, -0.2) is 8.78 Å². The van der Waals surface area contributed by atoms with Gasteiger partial charge in [-0.15, -0.1) is 11.8 Å². The first kappa shape index (κ1) is 20.1. The van der Waals surface area contributed by atoms with Gasteiger partial charge >= 0.3 is 0 Å². The maximum atomic E-state index is 14.6. The lowest BCUT2D eigenvalue weighted by molar-refractivity contribution is 0.118. The average Bonchev–Trinajstić information content (AvgIpc) is 3.06. The molecule has 0 fully saturated rings. The van der Waals surface area contributed by atoms with E-state index in [0.29, 0.717) is 16.2 Å². The number of aliphatic hydroxyl groups excluding tert-OH is 1. The Bertz CT molecular complexity index is 1060. The van der Waals surface area contributed by atoms with E-state index < -0.39 is 28.4 Å². The van der Waals surface area contributed by atoms with Crippen molar-refractivity contribution in [1.82, 2.24) is 4.98 Å². The van der Waals surface area contributed by atoms with E-state index in [4.69, 9.17) is 11.6 Å². The summed E-state index contributed by atoms with van der Waals surface area (Å²) in [5, 5.41) is 13.8. The number of pyridine rings is 1. The molecule has 1 aliphatic rings. The number of hydrogen-bond acceptors (Lipinski definition) is 3. The molecular weight excluding hydrogens is 412 g/mol. The lowest BCUT2D eigenvalue weighted by Gasteiger charge is -2.36. The summed E-state index contributed by atoms with van der Waals surface area (Å²) in [4.78, 5) is 4.11. The standard InChI is InChI=1S/C23H18ClF2NOS/c1-23(15-4-6-16(24)7-5-15)21(22(28)14-3-2-10-27-12-14)19(13-29-23)18-9-8-17(25)11-20(18)26/h2-13,21-22,28H,1H3. The van der Waals surface area contributed by atoms with Crippen molar-refractivity contribution in [3.05, 3.63) is 106 Å². The highest BCUT2D eigenvalue weighted by Crippen LogP contribution is 2.59. The third-order valence-electron chi connectivity index (χ3n) is 5.36. The number of halogens is 3. The van der Waals surface area contributed by atoms with E-state index in [1.165, 1.54) is 23.9 Å². The Kier molecular flexibility index (Phi) is 5.47. The molecule has 0 radical (unpaired) electrons. The number of thioether (sulfide) groups is 1. The van der Waals surface area contributed by atoms with Gasteiger partial charge in [-0.05, 0) is 59.4 Å². The third-order valence-corrected chi connectivity index (χ3v) is 6.96. The minimum atomic E-state index is -0.935. The zero-order valence-electron chi connectivity index (χ0n) is 15.5. The Morgan fingerprint density at radius 2 is 1.90 bits per heavy atom. The SMILES string of the molecule is CC1(c2ccc(Cl)cc2)SC=C(c2ccc(F)cc2F)C1C(O)c1cccnc1. The summed E-state index contributed by atoms with van der Waals surface area (Å²) in [6.07, 6.45) is 2.30. The summed E-state index contributed by atoms with van der Waals surface area (Å²) in [6.45, 7) is 2.01.